The molecule has 0 saturated carbocycles. The van der Waals surface area contributed by atoms with Crippen LogP contribution in [-0.2, 0) is 0 Å². The molecule has 4 aromatic carbocycles. The lowest BCUT2D eigenvalue weighted by Crippen LogP contribution is -2.05. The largest absolute Gasteiger partial charge is 0.457 e. The van der Waals surface area contributed by atoms with Crippen molar-refractivity contribution in [1.82, 2.24) is 0 Å². The molecule has 0 bridgehead atoms. The number of hydrogen-bond donors (Lipinski definition) is 0. The van der Waals surface area contributed by atoms with Crippen LogP contribution in [0.5, 0.6) is 11.5 Å². The van der Waals surface area contributed by atoms with Crippen LogP contribution in [0.25, 0.3) is 11.1 Å². The predicted molar refractivity (Wildman–Crippen MR) is 122 cm³/mol. The van der Waals surface area contributed by atoms with E-state index in [-0.39, 0.29) is 0 Å². The van der Waals surface area contributed by atoms with Crippen LogP contribution in [0.1, 0.15) is 11.1 Å². The van der Waals surface area contributed by atoms with Crippen LogP contribution in [0, 0.1) is 13.8 Å². The smallest absolute Gasteiger partial charge is 0.127 e. The van der Waals surface area contributed by atoms with Crippen molar-refractivity contribution in [1.29, 1.82) is 0 Å². The fourth-order valence-electron chi connectivity index (χ4n) is 3.14. The first-order chi connectivity index (χ1) is 13.7. The quantitative estimate of drug-likeness (QED) is 0.363. The highest BCUT2D eigenvalue weighted by atomic mass is 31.1. The van der Waals surface area contributed by atoms with Crippen LogP contribution in [0.2, 0.25) is 0 Å². The summed E-state index contributed by atoms with van der Waals surface area (Å²) in [4.78, 5) is 0. The Hall–Kier alpha value is -2.89. The summed E-state index contributed by atoms with van der Waals surface area (Å²) in [7, 11) is 0.642. The van der Waals surface area contributed by atoms with Crippen molar-refractivity contribution in [2.24, 2.45) is 0 Å². The number of ether oxygens (including phenoxy) is 1. The van der Waals surface area contributed by atoms with Crippen molar-refractivity contribution in [2.45, 2.75) is 13.8 Å². The maximum absolute atomic E-state index is 6.03. The molecule has 4 rings (SSSR count). The van der Waals surface area contributed by atoms with E-state index >= 15 is 0 Å². The van der Waals surface area contributed by atoms with Gasteiger partial charge in [0.15, 0.2) is 0 Å². The Labute approximate surface area is 168 Å². The molecule has 1 atom stereocenters. The van der Waals surface area contributed by atoms with E-state index in [9.17, 15) is 0 Å². The number of hydrogen-bond acceptors (Lipinski definition) is 1. The molecule has 28 heavy (non-hydrogen) atoms. The van der Waals surface area contributed by atoms with E-state index in [1.54, 1.807) is 0 Å². The van der Waals surface area contributed by atoms with Gasteiger partial charge in [-0.3, -0.25) is 0 Å². The first-order valence-electron chi connectivity index (χ1n) is 9.46. The molecule has 0 N–H and O–H groups in total. The Bertz CT molecular complexity index is 1070. The molecule has 0 aliphatic heterocycles. The van der Waals surface area contributed by atoms with Crippen LogP contribution < -0.4 is 15.3 Å². The number of aryl methyl sites for hydroxylation is 2. The van der Waals surface area contributed by atoms with Gasteiger partial charge in [-0.2, -0.15) is 0 Å². The van der Waals surface area contributed by atoms with Crippen molar-refractivity contribution >= 4 is 19.2 Å². The van der Waals surface area contributed by atoms with Crippen molar-refractivity contribution < 1.29 is 4.74 Å². The maximum Gasteiger partial charge on any atom is 0.127 e. The van der Waals surface area contributed by atoms with Crippen LogP contribution >= 0.6 is 8.58 Å². The third kappa shape index (κ3) is 4.32. The molecule has 0 saturated heterocycles. The summed E-state index contributed by atoms with van der Waals surface area (Å²) in [5.74, 6) is 1.73. The van der Waals surface area contributed by atoms with E-state index < -0.39 is 0 Å². The van der Waals surface area contributed by atoms with Crippen LogP contribution in [0.4, 0.5) is 0 Å². The van der Waals surface area contributed by atoms with Gasteiger partial charge in [-0.25, -0.2) is 0 Å². The summed E-state index contributed by atoms with van der Waals surface area (Å²) in [5, 5.41) is 2.71. The Morgan fingerprint density at radius 2 is 1.29 bits per heavy atom. The zero-order chi connectivity index (χ0) is 19.3. The highest BCUT2D eigenvalue weighted by molar-refractivity contribution is 7.55. The fourth-order valence-corrected chi connectivity index (χ4v) is 4.35. The SMILES string of the molecule is Cc1ccc(Oc2ccc(-c3ccccc3Pc3ccccc3)cc2)cc1C. The number of rotatable bonds is 5. The molecule has 0 fully saturated rings. The van der Waals surface area contributed by atoms with Crippen molar-refractivity contribution in [3.05, 3.63) is 108 Å². The van der Waals surface area contributed by atoms with E-state index in [1.807, 2.05) is 18.2 Å². The molecule has 0 heterocycles. The predicted octanol–water partition coefficient (Wildman–Crippen LogP) is 6.39. The molecule has 1 unspecified atom stereocenters. The highest BCUT2D eigenvalue weighted by Crippen LogP contribution is 2.28. The standard InChI is InChI=1S/C26H23OP/c1-19-12-15-23(18-20(19)2)27-22-16-13-21(14-17-22)25-10-6-7-11-26(25)28-24-8-4-3-5-9-24/h3-18,28H,1-2H3. The zero-order valence-electron chi connectivity index (χ0n) is 16.1. The zero-order valence-corrected chi connectivity index (χ0v) is 17.1. The second kappa shape index (κ2) is 8.42. The minimum absolute atomic E-state index is 0.642. The average molecular weight is 382 g/mol. The van der Waals surface area contributed by atoms with Crippen molar-refractivity contribution in [2.75, 3.05) is 0 Å². The monoisotopic (exact) mass is 382 g/mol. The van der Waals surface area contributed by atoms with Gasteiger partial charge in [0.25, 0.3) is 0 Å². The van der Waals surface area contributed by atoms with E-state index in [0.29, 0.717) is 8.58 Å². The van der Waals surface area contributed by atoms with E-state index in [2.05, 4.69) is 92.7 Å². The molecule has 0 aromatic heterocycles. The molecular formula is C26H23OP. The van der Waals surface area contributed by atoms with Gasteiger partial charge in [0.05, 0.1) is 0 Å². The highest BCUT2D eigenvalue weighted by Gasteiger charge is 2.07. The summed E-state index contributed by atoms with van der Waals surface area (Å²) in [5.41, 5.74) is 5.01. The Morgan fingerprint density at radius 3 is 2.04 bits per heavy atom. The van der Waals surface area contributed by atoms with Gasteiger partial charge in [-0.15, -0.1) is 0 Å². The molecule has 138 valence electrons. The Kier molecular flexibility index (Phi) is 5.55. The lowest BCUT2D eigenvalue weighted by atomic mass is 10.1. The first-order valence-corrected chi connectivity index (χ1v) is 10.5. The molecule has 2 heteroatoms. The molecule has 0 aliphatic rings. The molecule has 0 radical (unpaired) electrons. The molecule has 0 spiro atoms. The third-order valence-corrected chi connectivity index (χ3v) is 6.19. The molecule has 0 aliphatic carbocycles. The fraction of sp³-hybridized carbons (Fsp3) is 0.0769. The summed E-state index contributed by atoms with van der Waals surface area (Å²) >= 11 is 0. The summed E-state index contributed by atoms with van der Waals surface area (Å²) < 4.78 is 6.03. The topological polar surface area (TPSA) is 9.23 Å². The van der Waals surface area contributed by atoms with Gasteiger partial charge < -0.3 is 4.74 Å². The van der Waals surface area contributed by atoms with Gasteiger partial charge in [-0.1, -0.05) is 81.4 Å². The second-order valence-corrected chi connectivity index (χ2v) is 8.28. The number of benzene rings is 4. The summed E-state index contributed by atoms with van der Waals surface area (Å²) in [6.45, 7) is 4.22. The van der Waals surface area contributed by atoms with Gasteiger partial charge in [0.1, 0.15) is 11.5 Å². The minimum Gasteiger partial charge on any atom is -0.457 e. The molecule has 4 aromatic rings. The molecule has 0 amide bonds. The van der Waals surface area contributed by atoms with E-state index in [1.165, 1.54) is 32.9 Å². The van der Waals surface area contributed by atoms with Crippen molar-refractivity contribution in [3.63, 3.8) is 0 Å². The minimum atomic E-state index is 0.642. The van der Waals surface area contributed by atoms with Gasteiger partial charge in [0, 0.05) is 0 Å². The third-order valence-electron chi connectivity index (χ3n) is 4.86. The van der Waals surface area contributed by atoms with Crippen LogP contribution in [0.3, 0.4) is 0 Å². The molecular weight excluding hydrogens is 359 g/mol. The first kappa shape index (κ1) is 18.5. The van der Waals surface area contributed by atoms with Gasteiger partial charge in [0.2, 0.25) is 0 Å². The van der Waals surface area contributed by atoms with Crippen LogP contribution in [0.15, 0.2) is 97.1 Å². The van der Waals surface area contributed by atoms with Gasteiger partial charge >= 0.3 is 0 Å². The lowest BCUT2D eigenvalue weighted by Gasteiger charge is -2.12. The second-order valence-electron chi connectivity index (χ2n) is 6.91. The van der Waals surface area contributed by atoms with E-state index in [4.69, 9.17) is 4.74 Å². The summed E-state index contributed by atoms with van der Waals surface area (Å²) in [6.07, 6.45) is 0. The molecule has 1 nitrogen and oxygen atoms in total. The Morgan fingerprint density at radius 1 is 0.607 bits per heavy atom. The van der Waals surface area contributed by atoms with Gasteiger partial charge in [-0.05, 0) is 71.0 Å². The van der Waals surface area contributed by atoms with Crippen molar-refractivity contribution in [3.8, 4) is 22.6 Å². The average Bonchev–Trinajstić information content (AvgIpc) is 2.73. The van der Waals surface area contributed by atoms with Crippen LogP contribution in [-0.4, -0.2) is 0 Å². The lowest BCUT2D eigenvalue weighted by molar-refractivity contribution is 0.482. The maximum atomic E-state index is 6.03. The normalized spacial score (nSPS) is 11.1. The Balaban J connectivity index is 1.56. The van der Waals surface area contributed by atoms with E-state index in [0.717, 1.165) is 11.5 Å². The summed E-state index contributed by atoms with van der Waals surface area (Å²) in [6, 6.07) is 33.9.